The Bertz CT molecular complexity index is 714. The van der Waals surface area contributed by atoms with Crippen LogP contribution in [-0.4, -0.2) is 46.0 Å². The predicted octanol–water partition coefficient (Wildman–Crippen LogP) is 1.46. The molecule has 0 radical (unpaired) electrons. The predicted molar refractivity (Wildman–Crippen MR) is 89.7 cm³/mol. The van der Waals surface area contributed by atoms with E-state index >= 15 is 0 Å². The van der Waals surface area contributed by atoms with Gasteiger partial charge in [0.15, 0.2) is 0 Å². The number of amides is 3. The van der Waals surface area contributed by atoms with Gasteiger partial charge in [-0.1, -0.05) is 12.1 Å². The Morgan fingerprint density at radius 2 is 2.25 bits per heavy atom. The lowest BCUT2D eigenvalue weighted by Crippen LogP contribution is -2.42. The Labute approximate surface area is 140 Å². The van der Waals surface area contributed by atoms with Gasteiger partial charge in [0.2, 0.25) is 5.91 Å². The van der Waals surface area contributed by atoms with Crippen LogP contribution < -0.4 is 10.6 Å². The molecule has 2 N–H and O–H groups in total. The van der Waals surface area contributed by atoms with Crippen molar-refractivity contribution in [3.8, 4) is 5.69 Å². The molecule has 1 atom stereocenters. The first-order valence-corrected chi connectivity index (χ1v) is 8.04. The van der Waals surface area contributed by atoms with E-state index in [1.807, 2.05) is 42.0 Å². The summed E-state index contributed by atoms with van der Waals surface area (Å²) >= 11 is 0. The first-order valence-electron chi connectivity index (χ1n) is 8.04. The Hall–Kier alpha value is -2.83. The van der Waals surface area contributed by atoms with Gasteiger partial charge in [-0.25, -0.2) is 9.78 Å². The van der Waals surface area contributed by atoms with Gasteiger partial charge in [-0.05, 0) is 24.6 Å². The third-order valence-electron chi connectivity index (χ3n) is 4.11. The maximum atomic E-state index is 12.4. The largest absolute Gasteiger partial charge is 0.354 e. The zero-order chi connectivity index (χ0) is 16.9. The smallest absolute Gasteiger partial charge is 0.317 e. The lowest BCUT2D eigenvalue weighted by Gasteiger charge is -2.23. The number of urea groups is 1. The standard InChI is InChI=1S/C17H21N5O2/c1-13(20-17(24)21-8-5-16(23)19-7-10-21)14-3-2-4-15(11-14)22-9-6-18-12-22/h2-4,6,9,11-13H,5,7-8,10H2,1H3,(H,19,23)(H,20,24). The summed E-state index contributed by atoms with van der Waals surface area (Å²) < 4.78 is 1.92. The molecule has 3 amide bonds. The molecule has 24 heavy (non-hydrogen) atoms. The summed E-state index contributed by atoms with van der Waals surface area (Å²) in [4.78, 5) is 29.5. The van der Waals surface area contributed by atoms with Gasteiger partial charge in [0, 0.05) is 44.1 Å². The molecule has 3 rings (SSSR count). The topological polar surface area (TPSA) is 79.3 Å². The molecule has 0 bridgehead atoms. The van der Waals surface area contributed by atoms with Crippen LogP contribution >= 0.6 is 0 Å². The third kappa shape index (κ3) is 3.73. The van der Waals surface area contributed by atoms with Crippen molar-refractivity contribution in [2.45, 2.75) is 19.4 Å². The summed E-state index contributed by atoms with van der Waals surface area (Å²) in [5, 5.41) is 5.77. The monoisotopic (exact) mass is 327 g/mol. The number of carbonyl (C=O) groups is 2. The van der Waals surface area contributed by atoms with Gasteiger partial charge in [0.1, 0.15) is 0 Å². The highest BCUT2D eigenvalue weighted by molar-refractivity contribution is 5.79. The summed E-state index contributed by atoms with van der Waals surface area (Å²) in [6.45, 7) is 3.42. The van der Waals surface area contributed by atoms with Gasteiger partial charge in [-0.3, -0.25) is 4.79 Å². The Kier molecular flexibility index (Phi) is 4.79. The van der Waals surface area contributed by atoms with E-state index in [9.17, 15) is 9.59 Å². The molecule has 1 aliphatic rings. The SMILES string of the molecule is CC(NC(=O)N1CCNC(=O)CC1)c1cccc(-n2ccnc2)c1. The van der Waals surface area contributed by atoms with Crippen molar-refractivity contribution >= 4 is 11.9 Å². The average molecular weight is 327 g/mol. The van der Waals surface area contributed by atoms with E-state index in [2.05, 4.69) is 15.6 Å². The number of carbonyl (C=O) groups excluding carboxylic acids is 2. The normalized spacial score (nSPS) is 16.2. The molecule has 0 saturated carbocycles. The van der Waals surface area contributed by atoms with Crippen LogP contribution in [0.3, 0.4) is 0 Å². The summed E-state index contributed by atoms with van der Waals surface area (Å²) in [5.74, 6) is -0.00798. The molecular formula is C17H21N5O2. The number of rotatable bonds is 3. The lowest BCUT2D eigenvalue weighted by molar-refractivity contribution is -0.120. The van der Waals surface area contributed by atoms with Crippen molar-refractivity contribution in [1.82, 2.24) is 25.1 Å². The molecule has 0 spiro atoms. The molecule has 1 saturated heterocycles. The van der Waals surface area contributed by atoms with Gasteiger partial charge in [0.25, 0.3) is 0 Å². The minimum Gasteiger partial charge on any atom is -0.354 e. The van der Waals surface area contributed by atoms with Gasteiger partial charge in [-0.15, -0.1) is 0 Å². The van der Waals surface area contributed by atoms with Crippen LogP contribution in [0.5, 0.6) is 0 Å². The van der Waals surface area contributed by atoms with Crippen molar-refractivity contribution < 1.29 is 9.59 Å². The highest BCUT2D eigenvalue weighted by Crippen LogP contribution is 2.17. The fraction of sp³-hybridized carbons (Fsp3) is 0.353. The van der Waals surface area contributed by atoms with Crippen LogP contribution in [0.1, 0.15) is 24.9 Å². The van der Waals surface area contributed by atoms with E-state index < -0.39 is 0 Å². The Morgan fingerprint density at radius 1 is 1.38 bits per heavy atom. The van der Waals surface area contributed by atoms with Crippen molar-refractivity contribution in [3.05, 3.63) is 48.5 Å². The molecule has 7 nitrogen and oxygen atoms in total. The molecule has 126 valence electrons. The number of imidazole rings is 1. The summed E-state index contributed by atoms with van der Waals surface area (Å²) in [6, 6.07) is 7.69. The van der Waals surface area contributed by atoms with Gasteiger partial charge in [-0.2, -0.15) is 0 Å². The maximum absolute atomic E-state index is 12.4. The molecule has 2 aromatic rings. The van der Waals surface area contributed by atoms with Crippen molar-refractivity contribution in [2.24, 2.45) is 0 Å². The van der Waals surface area contributed by atoms with Crippen LogP contribution in [0.15, 0.2) is 43.0 Å². The molecular weight excluding hydrogens is 306 g/mol. The molecule has 1 aromatic carbocycles. The average Bonchev–Trinajstić information content (AvgIpc) is 3.04. The van der Waals surface area contributed by atoms with Crippen LogP contribution in [0, 0.1) is 0 Å². The van der Waals surface area contributed by atoms with Gasteiger partial charge >= 0.3 is 6.03 Å². The van der Waals surface area contributed by atoms with Crippen molar-refractivity contribution in [3.63, 3.8) is 0 Å². The van der Waals surface area contributed by atoms with E-state index in [0.717, 1.165) is 11.3 Å². The van der Waals surface area contributed by atoms with Crippen molar-refractivity contribution in [1.29, 1.82) is 0 Å². The van der Waals surface area contributed by atoms with E-state index in [1.165, 1.54) is 0 Å². The molecule has 7 heteroatoms. The second-order valence-corrected chi connectivity index (χ2v) is 5.82. The van der Waals surface area contributed by atoms with Crippen LogP contribution in [0.2, 0.25) is 0 Å². The first kappa shape index (κ1) is 16.0. The highest BCUT2D eigenvalue weighted by atomic mass is 16.2. The third-order valence-corrected chi connectivity index (χ3v) is 4.11. The van der Waals surface area contributed by atoms with E-state index in [1.54, 1.807) is 17.4 Å². The zero-order valence-corrected chi connectivity index (χ0v) is 13.6. The number of nitrogens with zero attached hydrogens (tertiary/aromatic N) is 3. The summed E-state index contributed by atoms with van der Waals surface area (Å²) in [5.41, 5.74) is 2.01. The maximum Gasteiger partial charge on any atom is 0.317 e. The van der Waals surface area contributed by atoms with Crippen LogP contribution in [0.25, 0.3) is 5.69 Å². The van der Waals surface area contributed by atoms with Gasteiger partial charge in [0.05, 0.1) is 12.4 Å². The second kappa shape index (κ2) is 7.16. The molecule has 1 aliphatic heterocycles. The molecule has 1 unspecified atom stereocenters. The van der Waals surface area contributed by atoms with Crippen LogP contribution in [0.4, 0.5) is 4.79 Å². The molecule has 1 fully saturated rings. The lowest BCUT2D eigenvalue weighted by atomic mass is 10.1. The molecule has 1 aromatic heterocycles. The van der Waals surface area contributed by atoms with Gasteiger partial charge < -0.3 is 20.1 Å². The van der Waals surface area contributed by atoms with Crippen LogP contribution in [-0.2, 0) is 4.79 Å². The number of hydrogen-bond acceptors (Lipinski definition) is 3. The minimum atomic E-state index is -0.146. The summed E-state index contributed by atoms with van der Waals surface area (Å²) in [7, 11) is 0. The summed E-state index contributed by atoms with van der Waals surface area (Å²) in [6.07, 6.45) is 5.69. The Balaban J connectivity index is 1.66. The van der Waals surface area contributed by atoms with E-state index in [0.29, 0.717) is 26.1 Å². The first-order chi connectivity index (χ1) is 11.6. The zero-order valence-electron chi connectivity index (χ0n) is 13.6. The molecule has 0 aliphatic carbocycles. The fourth-order valence-corrected chi connectivity index (χ4v) is 2.70. The number of hydrogen-bond donors (Lipinski definition) is 2. The highest BCUT2D eigenvalue weighted by Gasteiger charge is 2.20. The van der Waals surface area contributed by atoms with E-state index in [4.69, 9.17) is 0 Å². The number of benzene rings is 1. The molecule has 2 heterocycles. The quantitative estimate of drug-likeness (QED) is 0.896. The van der Waals surface area contributed by atoms with E-state index in [-0.39, 0.29) is 18.0 Å². The Morgan fingerprint density at radius 3 is 3.04 bits per heavy atom. The minimum absolute atomic E-state index is 0.00798. The van der Waals surface area contributed by atoms with Crippen molar-refractivity contribution in [2.75, 3.05) is 19.6 Å². The second-order valence-electron chi connectivity index (χ2n) is 5.82. The fourth-order valence-electron chi connectivity index (χ4n) is 2.70. The number of aromatic nitrogens is 2. The number of nitrogens with one attached hydrogen (secondary N) is 2.